The van der Waals surface area contributed by atoms with Crippen LogP contribution in [0.3, 0.4) is 0 Å². The highest BCUT2D eigenvalue weighted by Gasteiger charge is 2.32. The average Bonchev–Trinajstić information content (AvgIpc) is 2.73. The molecule has 0 spiro atoms. The number of carbonyl (C=O) groups is 1. The van der Waals surface area contributed by atoms with Gasteiger partial charge in [-0.1, -0.05) is 25.7 Å². The van der Waals surface area contributed by atoms with E-state index < -0.39 is 0 Å². The predicted octanol–water partition coefficient (Wildman–Crippen LogP) is 2.27. The summed E-state index contributed by atoms with van der Waals surface area (Å²) in [5.41, 5.74) is 0. The largest absolute Gasteiger partial charge is 0.468 e. The molecular formula is C15H27NO3. The first-order valence-corrected chi connectivity index (χ1v) is 7.73. The molecular weight excluding hydrogens is 242 g/mol. The van der Waals surface area contributed by atoms with Gasteiger partial charge in [0.05, 0.1) is 7.11 Å². The first-order valence-electron chi connectivity index (χ1n) is 7.73. The highest BCUT2D eigenvalue weighted by atomic mass is 16.5. The fraction of sp³-hybridized carbons (Fsp3) is 0.933. The summed E-state index contributed by atoms with van der Waals surface area (Å²) in [6.45, 7) is 1.54. The van der Waals surface area contributed by atoms with Gasteiger partial charge in [0.25, 0.3) is 0 Å². The van der Waals surface area contributed by atoms with E-state index >= 15 is 0 Å². The molecule has 0 aromatic rings. The molecule has 0 amide bonds. The quantitative estimate of drug-likeness (QED) is 0.628. The molecule has 2 rings (SSSR count). The highest BCUT2D eigenvalue weighted by Crippen LogP contribution is 2.23. The third kappa shape index (κ3) is 4.46. The maximum Gasteiger partial charge on any atom is 0.323 e. The van der Waals surface area contributed by atoms with Crippen molar-refractivity contribution in [3.05, 3.63) is 0 Å². The Labute approximate surface area is 116 Å². The van der Waals surface area contributed by atoms with E-state index in [2.05, 4.69) is 5.32 Å². The molecule has 1 saturated heterocycles. The van der Waals surface area contributed by atoms with E-state index in [4.69, 9.17) is 9.47 Å². The van der Waals surface area contributed by atoms with Crippen LogP contribution < -0.4 is 5.32 Å². The lowest BCUT2D eigenvalue weighted by Crippen LogP contribution is -2.49. The molecule has 1 unspecified atom stereocenters. The summed E-state index contributed by atoms with van der Waals surface area (Å²) in [4.78, 5) is 12.0. The number of ether oxygens (including phenoxy) is 2. The normalized spacial score (nSPS) is 24.7. The van der Waals surface area contributed by atoms with E-state index in [1.165, 1.54) is 45.6 Å². The highest BCUT2D eigenvalue weighted by molar-refractivity contribution is 5.76. The monoisotopic (exact) mass is 269 g/mol. The van der Waals surface area contributed by atoms with Gasteiger partial charge in [0.2, 0.25) is 0 Å². The van der Waals surface area contributed by atoms with E-state index in [9.17, 15) is 4.79 Å². The Morgan fingerprint density at radius 2 is 1.74 bits per heavy atom. The molecule has 110 valence electrons. The summed E-state index contributed by atoms with van der Waals surface area (Å²) in [7, 11) is 1.49. The van der Waals surface area contributed by atoms with Crippen LogP contribution in [-0.2, 0) is 14.3 Å². The molecule has 19 heavy (non-hydrogen) atoms. The molecule has 1 heterocycles. The molecule has 4 nitrogen and oxygen atoms in total. The number of esters is 1. The van der Waals surface area contributed by atoms with Crippen molar-refractivity contribution in [1.82, 2.24) is 5.32 Å². The van der Waals surface area contributed by atoms with Crippen LogP contribution in [0.4, 0.5) is 0 Å². The summed E-state index contributed by atoms with van der Waals surface area (Å²) >= 11 is 0. The van der Waals surface area contributed by atoms with Crippen LogP contribution in [0.5, 0.6) is 0 Å². The van der Waals surface area contributed by atoms with Gasteiger partial charge in [0.1, 0.15) is 6.04 Å². The molecule has 0 aromatic heterocycles. The Kier molecular flexibility index (Phi) is 6.11. The van der Waals surface area contributed by atoms with Gasteiger partial charge in [-0.2, -0.15) is 0 Å². The Hall–Kier alpha value is -0.610. The van der Waals surface area contributed by atoms with Crippen LogP contribution >= 0.6 is 0 Å². The van der Waals surface area contributed by atoms with Crippen LogP contribution in [0.1, 0.15) is 51.4 Å². The molecule has 2 aliphatic rings. The van der Waals surface area contributed by atoms with Crippen molar-refractivity contribution in [3.8, 4) is 0 Å². The van der Waals surface area contributed by atoms with Gasteiger partial charge in [-0.25, -0.2) is 0 Å². The molecule has 1 saturated carbocycles. The summed E-state index contributed by atoms with van der Waals surface area (Å²) in [6.07, 6.45) is 9.52. The number of methoxy groups -OCH3 is 1. The molecule has 1 atom stereocenters. The van der Waals surface area contributed by atoms with Crippen LogP contribution in [-0.4, -0.2) is 38.4 Å². The van der Waals surface area contributed by atoms with Gasteiger partial charge < -0.3 is 14.8 Å². The molecule has 4 heteroatoms. The Balaban J connectivity index is 1.93. The van der Waals surface area contributed by atoms with Crippen molar-refractivity contribution in [2.24, 2.45) is 5.92 Å². The second-order valence-electron chi connectivity index (χ2n) is 5.81. The SMILES string of the molecule is COC(=O)C(NC1CCCCCC1)C1CCOCC1. The number of hydrogen-bond donors (Lipinski definition) is 1. The van der Waals surface area contributed by atoms with Crippen LogP contribution in [0.2, 0.25) is 0 Å². The zero-order valence-electron chi connectivity index (χ0n) is 12.0. The van der Waals surface area contributed by atoms with Crippen molar-refractivity contribution in [2.45, 2.75) is 63.5 Å². The van der Waals surface area contributed by atoms with Gasteiger partial charge in [-0.3, -0.25) is 4.79 Å². The summed E-state index contributed by atoms with van der Waals surface area (Å²) in [5.74, 6) is 0.264. The predicted molar refractivity (Wildman–Crippen MR) is 74.0 cm³/mol. The molecule has 0 radical (unpaired) electrons. The zero-order valence-corrected chi connectivity index (χ0v) is 12.0. The van der Waals surface area contributed by atoms with Gasteiger partial charge in [0, 0.05) is 19.3 Å². The molecule has 1 aliphatic carbocycles. The molecule has 0 aromatic carbocycles. The molecule has 0 bridgehead atoms. The van der Waals surface area contributed by atoms with E-state index in [1.54, 1.807) is 0 Å². The van der Waals surface area contributed by atoms with Crippen molar-refractivity contribution in [3.63, 3.8) is 0 Å². The zero-order chi connectivity index (χ0) is 13.5. The van der Waals surface area contributed by atoms with E-state index in [0.29, 0.717) is 12.0 Å². The van der Waals surface area contributed by atoms with Crippen LogP contribution in [0, 0.1) is 5.92 Å². The lowest BCUT2D eigenvalue weighted by atomic mass is 9.90. The van der Waals surface area contributed by atoms with Crippen molar-refractivity contribution < 1.29 is 14.3 Å². The number of rotatable bonds is 4. The Morgan fingerprint density at radius 3 is 2.32 bits per heavy atom. The second kappa shape index (κ2) is 7.85. The lowest BCUT2D eigenvalue weighted by molar-refractivity contribution is -0.146. The Bertz CT molecular complexity index is 269. The first-order chi connectivity index (χ1) is 9.31. The van der Waals surface area contributed by atoms with Crippen molar-refractivity contribution in [1.29, 1.82) is 0 Å². The number of nitrogens with one attached hydrogen (secondary N) is 1. The first kappa shape index (κ1) is 14.8. The summed E-state index contributed by atoms with van der Waals surface area (Å²) in [5, 5.41) is 3.59. The standard InChI is InChI=1S/C15H27NO3/c1-18-15(17)14(12-8-10-19-11-9-12)16-13-6-4-2-3-5-7-13/h12-14,16H,2-11H2,1H3. The second-order valence-corrected chi connectivity index (χ2v) is 5.81. The lowest BCUT2D eigenvalue weighted by Gasteiger charge is -2.32. The number of hydrogen-bond acceptors (Lipinski definition) is 4. The minimum atomic E-state index is -0.142. The maximum atomic E-state index is 12.0. The van der Waals surface area contributed by atoms with E-state index in [-0.39, 0.29) is 12.0 Å². The average molecular weight is 269 g/mol. The van der Waals surface area contributed by atoms with Gasteiger partial charge >= 0.3 is 5.97 Å². The number of carbonyl (C=O) groups excluding carboxylic acids is 1. The minimum Gasteiger partial charge on any atom is -0.468 e. The summed E-state index contributed by atoms with van der Waals surface area (Å²) in [6, 6.07) is 0.339. The van der Waals surface area contributed by atoms with Crippen LogP contribution in [0.25, 0.3) is 0 Å². The van der Waals surface area contributed by atoms with Gasteiger partial charge in [-0.15, -0.1) is 0 Å². The maximum absolute atomic E-state index is 12.0. The fourth-order valence-electron chi connectivity index (χ4n) is 3.27. The topological polar surface area (TPSA) is 47.6 Å². The third-order valence-corrected chi connectivity index (χ3v) is 4.46. The van der Waals surface area contributed by atoms with Crippen LogP contribution in [0.15, 0.2) is 0 Å². The van der Waals surface area contributed by atoms with E-state index in [0.717, 1.165) is 26.1 Å². The molecule has 1 N–H and O–H groups in total. The van der Waals surface area contributed by atoms with Gasteiger partial charge in [-0.05, 0) is 31.6 Å². The van der Waals surface area contributed by atoms with E-state index in [1.807, 2.05) is 0 Å². The molecule has 1 aliphatic heterocycles. The molecule has 2 fully saturated rings. The smallest absolute Gasteiger partial charge is 0.323 e. The minimum absolute atomic E-state index is 0.101. The summed E-state index contributed by atoms with van der Waals surface area (Å²) < 4.78 is 10.4. The Morgan fingerprint density at radius 1 is 1.11 bits per heavy atom. The third-order valence-electron chi connectivity index (χ3n) is 4.46. The fourth-order valence-corrected chi connectivity index (χ4v) is 3.27. The van der Waals surface area contributed by atoms with Gasteiger partial charge in [0.15, 0.2) is 0 Å². The van der Waals surface area contributed by atoms with Crippen molar-refractivity contribution >= 4 is 5.97 Å². The van der Waals surface area contributed by atoms with Crippen molar-refractivity contribution in [2.75, 3.05) is 20.3 Å².